The second-order valence-corrected chi connectivity index (χ2v) is 8.22. The largest absolute Gasteiger partial charge is 0.493 e. The van der Waals surface area contributed by atoms with Gasteiger partial charge in [-0.3, -0.25) is 4.79 Å². The van der Waals surface area contributed by atoms with E-state index in [2.05, 4.69) is 61.8 Å². The van der Waals surface area contributed by atoms with Crippen molar-refractivity contribution in [2.45, 2.75) is 66.5 Å². The van der Waals surface area contributed by atoms with Crippen LogP contribution in [-0.2, 0) is 17.9 Å². The van der Waals surface area contributed by atoms with Crippen molar-refractivity contribution in [3.8, 4) is 5.75 Å². The van der Waals surface area contributed by atoms with Crippen molar-refractivity contribution in [1.29, 1.82) is 0 Å². The first-order valence-electron chi connectivity index (χ1n) is 11.4. The predicted octanol–water partition coefficient (Wildman–Crippen LogP) is 5.56. The Morgan fingerprint density at radius 2 is 1.87 bits per heavy atom. The highest BCUT2D eigenvalue weighted by Gasteiger charge is 2.16. The second kappa shape index (κ2) is 11.0. The van der Waals surface area contributed by atoms with Crippen molar-refractivity contribution in [3.05, 3.63) is 59.4 Å². The lowest BCUT2D eigenvalue weighted by molar-refractivity contribution is -0.125. The number of unbranched alkanes of at least 4 members (excludes halogenated alkanes) is 1. The first kappa shape index (κ1) is 22.9. The van der Waals surface area contributed by atoms with Crippen LogP contribution in [0.3, 0.4) is 0 Å². The smallest absolute Gasteiger partial charge is 0.223 e. The Balaban J connectivity index is 1.59. The zero-order valence-electron chi connectivity index (χ0n) is 19.3. The molecule has 0 fully saturated rings. The number of carbonyl (C=O) groups is 1. The minimum absolute atomic E-state index is 0.0696. The highest BCUT2D eigenvalue weighted by molar-refractivity contribution is 5.79. The topological polar surface area (TPSA) is 56.2 Å². The van der Waals surface area contributed by atoms with Crippen LogP contribution in [0.5, 0.6) is 5.75 Å². The van der Waals surface area contributed by atoms with Crippen LogP contribution < -0.4 is 10.1 Å². The normalized spacial score (nSPS) is 11.3. The number of nitrogens with one attached hydrogen (secondary N) is 1. The molecule has 1 heterocycles. The van der Waals surface area contributed by atoms with E-state index in [9.17, 15) is 4.79 Å². The molecule has 0 spiro atoms. The molecule has 1 aromatic heterocycles. The molecule has 0 saturated carbocycles. The van der Waals surface area contributed by atoms with Gasteiger partial charge in [-0.15, -0.1) is 0 Å². The van der Waals surface area contributed by atoms with Crippen LogP contribution in [0.2, 0.25) is 0 Å². The van der Waals surface area contributed by atoms with Gasteiger partial charge in [0.1, 0.15) is 11.6 Å². The van der Waals surface area contributed by atoms with Gasteiger partial charge >= 0.3 is 0 Å². The van der Waals surface area contributed by atoms with Gasteiger partial charge in [0, 0.05) is 12.5 Å². The van der Waals surface area contributed by atoms with E-state index in [1.165, 1.54) is 11.1 Å². The van der Waals surface area contributed by atoms with E-state index >= 15 is 0 Å². The highest BCUT2D eigenvalue weighted by atomic mass is 16.5. The predicted molar refractivity (Wildman–Crippen MR) is 126 cm³/mol. The van der Waals surface area contributed by atoms with Crippen LogP contribution in [0, 0.1) is 19.8 Å². The van der Waals surface area contributed by atoms with E-state index in [1.807, 2.05) is 18.2 Å². The third-order valence-electron chi connectivity index (χ3n) is 5.87. The molecule has 0 saturated heterocycles. The van der Waals surface area contributed by atoms with E-state index in [1.54, 1.807) is 0 Å². The number of carbonyl (C=O) groups excluding carboxylic acids is 1. The van der Waals surface area contributed by atoms with E-state index in [-0.39, 0.29) is 11.8 Å². The van der Waals surface area contributed by atoms with Crippen molar-refractivity contribution in [3.63, 3.8) is 0 Å². The minimum atomic E-state index is 0.0696. The summed E-state index contributed by atoms with van der Waals surface area (Å²) in [6.45, 7) is 10.3. The number of fused-ring (bicyclic) bond motifs is 1. The number of aromatic nitrogens is 2. The Kier molecular flexibility index (Phi) is 8.10. The van der Waals surface area contributed by atoms with Gasteiger partial charge in [-0.25, -0.2) is 4.98 Å². The molecule has 1 amide bonds. The molecule has 0 aliphatic heterocycles. The van der Waals surface area contributed by atoms with E-state index in [0.717, 1.165) is 54.8 Å². The quantitative estimate of drug-likeness (QED) is 0.412. The second-order valence-electron chi connectivity index (χ2n) is 8.22. The van der Waals surface area contributed by atoms with Gasteiger partial charge in [-0.1, -0.05) is 43.7 Å². The van der Waals surface area contributed by atoms with Crippen LogP contribution in [0.25, 0.3) is 11.0 Å². The van der Waals surface area contributed by atoms with Gasteiger partial charge in [0.2, 0.25) is 5.91 Å². The maximum absolute atomic E-state index is 12.4. The van der Waals surface area contributed by atoms with Gasteiger partial charge in [-0.05, 0) is 63.3 Å². The number of aryl methyl sites for hydroxylation is 3. The van der Waals surface area contributed by atoms with Crippen molar-refractivity contribution in [2.75, 3.05) is 6.61 Å². The number of hydrogen-bond acceptors (Lipinski definition) is 3. The number of para-hydroxylation sites is 2. The number of benzene rings is 2. The van der Waals surface area contributed by atoms with Crippen LogP contribution >= 0.6 is 0 Å². The summed E-state index contributed by atoms with van der Waals surface area (Å²) in [6.07, 6.45) is 3.66. The van der Waals surface area contributed by atoms with E-state index in [4.69, 9.17) is 9.72 Å². The lowest BCUT2D eigenvalue weighted by Gasteiger charge is -2.14. The highest BCUT2D eigenvalue weighted by Crippen LogP contribution is 2.20. The molecule has 3 aromatic rings. The lowest BCUT2D eigenvalue weighted by Crippen LogP contribution is -2.30. The zero-order valence-corrected chi connectivity index (χ0v) is 19.3. The number of hydrogen-bond donors (Lipinski definition) is 1. The molecule has 3 rings (SSSR count). The Labute approximate surface area is 185 Å². The summed E-state index contributed by atoms with van der Waals surface area (Å²) in [4.78, 5) is 17.2. The standard InChI is InChI=1S/C26H35N3O2/c1-5-21(6-2)26(30)27-18-25-28-22-11-7-8-12-23(22)29(25)15-9-10-16-31-24-14-13-19(3)17-20(24)4/h7-8,11-14,17,21H,5-6,9-10,15-16,18H2,1-4H3,(H,27,30). The molecule has 0 aliphatic rings. The van der Waals surface area contributed by atoms with Gasteiger partial charge < -0.3 is 14.6 Å². The SMILES string of the molecule is CCC(CC)C(=O)NCc1nc2ccccc2n1CCCCOc1ccc(C)cc1C. The monoisotopic (exact) mass is 421 g/mol. The molecule has 1 N–H and O–H groups in total. The van der Waals surface area contributed by atoms with Crippen molar-refractivity contribution in [2.24, 2.45) is 5.92 Å². The Hall–Kier alpha value is -2.82. The average Bonchev–Trinajstić information content (AvgIpc) is 3.12. The minimum Gasteiger partial charge on any atom is -0.493 e. The number of nitrogens with zero attached hydrogens (tertiary/aromatic N) is 2. The molecular formula is C26H35N3O2. The fourth-order valence-corrected chi connectivity index (χ4v) is 4.00. The Morgan fingerprint density at radius 1 is 1.10 bits per heavy atom. The Morgan fingerprint density at radius 3 is 2.61 bits per heavy atom. The third-order valence-corrected chi connectivity index (χ3v) is 5.87. The third kappa shape index (κ3) is 5.87. The fourth-order valence-electron chi connectivity index (χ4n) is 4.00. The fraction of sp³-hybridized carbons (Fsp3) is 0.462. The number of ether oxygens (including phenoxy) is 1. The molecule has 0 aliphatic carbocycles. The molecule has 5 nitrogen and oxygen atoms in total. The van der Waals surface area contributed by atoms with Crippen molar-refractivity contribution < 1.29 is 9.53 Å². The van der Waals surface area contributed by atoms with E-state index in [0.29, 0.717) is 13.2 Å². The van der Waals surface area contributed by atoms with Crippen LogP contribution in [0.4, 0.5) is 0 Å². The number of rotatable bonds is 11. The molecule has 5 heteroatoms. The van der Waals surface area contributed by atoms with Gasteiger partial charge in [0.05, 0.1) is 24.2 Å². The van der Waals surface area contributed by atoms with Crippen molar-refractivity contribution in [1.82, 2.24) is 14.9 Å². The molecule has 31 heavy (non-hydrogen) atoms. The molecule has 0 atom stereocenters. The van der Waals surface area contributed by atoms with Crippen LogP contribution in [0.15, 0.2) is 42.5 Å². The first-order chi connectivity index (χ1) is 15.0. The number of amides is 1. The maximum Gasteiger partial charge on any atom is 0.223 e. The molecular weight excluding hydrogens is 386 g/mol. The average molecular weight is 422 g/mol. The first-order valence-corrected chi connectivity index (χ1v) is 11.4. The summed E-state index contributed by atoms with van der Waals surface area (Å²) in [5, 5.41) is 3.09. The number of imidazole rings is 1. The van der Waals surface area contributed by atoms with Crippen LogP contribution in [0.1, 0.15) is 56.5 Å². The van der Waals surface area contributed by atoms with E-state index < -0.39 is 0 Å². The van der Waals surface area contributed by atoms with Gasteiger partial charge in [0.15, 0.2) is 0 Å². The van der Waals surface area contributed by atoms with Crippen molar-refractivity contribution >= 4 is 16.9 Å². The lowest BCUT2D eigenvalue weighted by atomic mass is 10.0. The zero-order chi connectivity index (χ0) is 22.2. The Bertz CT molecular complexity index is 1010. The summed E-state index contributed by atoms with van der Waals surface area (Å²) in [7, 11) is 0. The molecule has 0 unspecified atom stereocenters. The summed E-state index contributed by atoms with van der Waals surface area (Å²) in [6, 6.07) is 14.5. The maximum atomic E-state index is 12.4. The molecule has 2 aromatic carbocycles. The summed E-state index contributed by atoms with van der Waals surface area (Å²) < 4.78 is 8.21. The molecule has 0 radical (unpaired) electrons. The summed E-state index contributed by atoms with van der Waals surface area (Å²) >= 11 is 0. The van der Waals surface area contributed by atoms with Gasteiger partial charge in [0.25, 0.3) is 0 Å². The molecule has 166 valence electrons. The molecule has 0 bridgehead atoms. The summed E-state index contributed by atoms with van der Waals surface area (Å²) in [5.41, 5.74) is 4.52. The van der Waals surface area contributed by atoms with Gasteiger partial charge in [-0.2, -0.15) is 0 Å². The van der Waals surface area contributed by atoms with Crippen LogP contribution in [-0.4, -0.2) is 22.1 Å². The summed E-state index contributed by atoms with van der Waals surface area (Å²) in [5.74, 6) is 2.06.